The lowest BCUT2D eigenvalue weighted by atomic mass is 10.0. The van der Waals surface area contributed by atoms with E-state index in [0.29, 0.717) is 0 Å². The highest BCUT2D eigenvalue weighted by Gasteiger charge is 2.04. The summed E-state index contributed by atoms with van der Waals surface area (Å²) < 4.78 is 0. The average Bonchev–Trinajstić information content (AvgIpc) is 2.14. The lowest BCUT2D eigenvalue weighted by Crippen LogP contribution is -2.07. The Balaban J connectivity index is 3.14. The van der Waals surface area contributed by atoms with Gasteiger partial charge in [-0.1, -0.05) is 52.9 Å². The van der Waals surface area contributed by atoms with Gasteiger partial charge in [-0.3, -0.25) is 0 Å². The lowest BCUT2D eigenvalue weighted by molar-refractivity contribution is 0.143. The van der Waals surface area contributed by atoms with Crippen LogP contribution in [0.3, 0.4) is 0 Å². The zero-order valence-corrected chi connectivity index (χ0v) is 10.3. The average molecular weight is 200 g/mol. The van der Waals surface area contributed by atoms with Crippen LogP contribution in [0.5, 0.6) is 0 Å². The second kappa shape index (κ2) is 9.51. The third-order valence-electron chi connectivity index (χ3n) is 2.72. The maximum absolute atomic E-state index is 9.65. The minimum Gasteiger partial charge on any atom is -0.393 e. The van der Waals surface area contributed by atoms with Gasteiger partial charge in [-0.05, 0) is 25.2 Å². The maximum Gasteiger partial charge on any atom is 0.0540 e. The molecular weight excluding hydrogens is 172 g/mol. The second-order valence-electron chi connectivity index (χ2n) is 4.83. The van der Waals surface area contributed by atoms with Gasteiger partial charge in [-0.2, -0.15) is 0 Å². The van der Waals surface area contributed by atoms with Crippen LogP contribution in [-0.2, 0) is 0 Å². The van der Waals surface area contributed by atoms with Gasteiger partial charge in [0.25, 0.3) is 0 Å². The van der Waals surface area contributed by atoms with Gasteiger partial charge in [0.2, 0.25) is 0 Å². The molecule has 1 nitrogen and oxygen atoms in total. The Morgan fingerprint density at radius 1 is 0.857 bits per heavy atom. The van der Waals surface area contributed by atoms with E-state index in [1.807, 2.05) is 0 Å². The normalized spacial score (nSPS) is 13.5. The van der Waals surface area contributed by atoms with Crippen LogP contribution in [0, 0.1) is 5.92 Å². The smallest absolute Gasteiger partial charge is 0.0540 e. The highest BCUT2D eigenvalue weighted by atomic mass is 16.3. The highest BCUT2D eigenvalue weighted by Crippen LogP contribution is 2.13. The molecule has 0 aromatic heterocycles. The molecule has 0 aliphatic rings. The van der Waals surface area contributed by atoms with Crippen LogP contribution < -0.4 is 0 Å². The topological polar surface area (TPSA) is 20.2 Å². The number of hydrogen-bond donors (Lipinski definition) is 1. The summed E-state index contributed by atoms with van der Waals surface area (Å²) in [7, 11) is 0. The lowest BCUT2D eigenvalue weighted by Gasteiger charge is -2.11. The number of aliphatic hydroxyl groups excluding tert-OH is 1. The van der Waals surface area contributed by atoms with Crippen molar-refractivity contribution in [2.45, 2.75) is 78.2 Å². The maximum atomic E-state index is 9.65. The Labute approximate surface area is 89.9 Å². The first-order valence-electron chi connectivity index (χ1n) is 6.34. The van der Waals surface area contributed by atoms with Gasteiger partial charge in [-0.15, -0.1) is 0 Å². The van der Waals surface area contributed by atoms with Gasteiger partial charge < -0.3 is 5.11 Å². The molecule has 1 unspecified atom stereocenters. The molecule has 1 N–H and O–H groups in total. The van der Waals surface area contributed by atoms with Gasteiger partial charge >= 0.3 is 0 Å². The minimum absolute atomic E-state index is 0.0426. The molecule has 0 aliphatic carbocycles. The van der Waals surface area contributed by atoms with E-state index in [9.17, 15) is 5.11 Å². The molecule has 0 saturated carbocycles. The standard InChI is InChI=1S/C13H28O/c1-4-5-6-7-8-9-13(14)11-10-12(2)3/h12-14H,4-11H2,1-3H3. The van der Waals surface area contributed by atoms with Gasteiger partial charge in [0.05, 0.1) is 6.10 Å². The van der Waals surface area contributed by atoms with Gasteiger partial charge in [-0.25, -0.2) is 0 Å². The van der Waals surface area contributed by atoms with Crippen molar-refractivity contribution in [3.05, 3.63) is 0 Å². The van der Waals surface area contributed by atoms with Crippen molar-refractivity contribution >= 4 is 0 Å². The van der Waals surface area contributed by atoms with E-state index in [4.69, 9.17) is 0 Å². The second-order valence-corrected chi connectivity index (χ2v) is 4.83. The summed E-state index contributed by atoms with van der Waals surface area (Å²) in [6.45, 7) is 6.67. The summed E-state index contributed by atoms with van der Waals surface area (Å²) in [5, 5.41) is 9.65. The monoisotopic (exact) mass is 200 g/mol. The molecule has 0 aromatic rings. The van der Waals surface area contributed by atoms with E-state index in [-0.39, 0.29) is 6.10 Å². The molecule has 86 valence electrons. The summed E-state index contributed by atoms with van der Waals surface area (Å²) in [6, 6.07) is 0. The predicted octanol–water partition coefficient (Wildman–Crippen LogP) is 4.14. The first-order valence-corrected chi connectivity index (χ1v) is 6.34. The molecule has 0 aromatic carbocycles. The quantitative estimate of drug-likeness (QED) is 0.554. The fraction of sp³-hybridized carbons (Fsp3) is 1.00. The third-order valence-corrected chi connectivity index (χ3v) is 2.72. The van der Waals surface area contributed by atoms with E-state index in [2.05, 4.69) is 20.8 Å². The Morgan fingerprint density at radius 3 is 2.07 bits per heavy atom. The third kappa shape index (κ3) is 10.0. The Morgan fingerprint density at radius 2 is 1.50 bits per heavy atom. The summed E-state index contributed by atoms with van der Waals surface area (Å²) in [5.74, 6) is 0.727. The minimum atomic E-state index is -0.0426. The molecule has 0 aliphatic heterocycles. The van der Waals surface area contributed by atoms with Crippen LogP contribution in [0.1, 0.15) is 72.1 Å². The van der Waals surface area contributed by atoms with Crippen molar-refractivity contribution < 1.29 is 5.11 Å². The largest absolute Gasteiger partial charge is 0.393 e. The van der Waals surface area contributed by atoms with Crippen LogP contribution in [0.15, 0.2) is 0 Å². The van der Waals surface area contributed by atoms with Crippen molar-refractivity contribution in [2.75, 3.05) is 0 Å². The van der Waals surface area contributed by atoms with E-state index in [0.717, 1.165) is 25.2 Å². The number of hydrogen-bond acceptors (Lipinski definition) is 1. The molecule has 0 amide bonds. The molecule has 0 rings (SSSR count). The van der Waals surface area contributed by atoms with Crippen molar-refractivity contribution in [1.82, 2.24) is 0 Å². The highest BCUT2D eigenvalue weighted by molar-refractivity contribution is 4.58. The summed E-state index contributed by atoms with van der Waals surface area (Å²) >= 11 is 0. The molecule has 1 atom stereocenters. The Bertz CT molecular complexity index is 110. The van der Waals surface area contributed by atoms with Gasteiger partial charge in [0, 0.05) is 0 Å². The van der Waals surface area contributed by atoms with Crippen molar-refractivity contribution in [1.29, 1.82) is 0 Å². The summed E-state index contributed by atoms with van der Waals surface area (Å²) in [5.41, 5.74) is 0. The van der Waals surface area contributed by atoms with E-state index in [1.54, 1.807) is 0 Å². The number of unbranched alkanes of at least 4 members (excludes halogenated alkanes) is 4. The zero-order valence-electron chi connectivity index (χ0n) is 10.3. The van der Waals surface area contributed by atoms with Crippen molar-refractivity contribution in [3.63, 3.8) is 0 Å². The van der Waals surface area contributed by atoms with Crippen LogP contribution in [0.4, 0.5) is 0 Å². The summed E-state index contributed by atoms with van der Waals surface area (Å²) in [4.78, 5) is 0. The van der Waals surface area contributed by atoms with Gasteiger partial charge in [0.1, 0.15) is 0 Å². The van der Waals surface area contributed by atoms with Crippen molar-refractivity contribution in [3.8, 4) is 0 Å². The van der Waals surface area contributed by atoms with E-state index >= 15 is 0 Å². The fourth-order valence-corrected chi connectivity index (χ4v) is 1.65. The molecule has 14 heavy (non-hydrogen) atoms. The van der Waals surface area contributed by atoms with E-state index in [1.165, 1.54) is 32.1 Å². The molecule has 0 radical (unpaired) electrons. The van der Waals surface area contributed by atoms with Crippen LogP contribution >= 0.6 is 0 Å². The number of rotatable bonds is 9. The van der Waals surface area contributed by atoms with E-state index < -0.39 is 0 Å². The number of aliphatic hydroxyl groups is 1. The molecule has 0 bridgehead atoms. The molecule has 0 saturated heterocycles. The fourth-order valence-electron chi connectivity index (χ4n) is 1.65. The van der Waals surface area contributed by atoms with Crippen LogP contribution in [-0.4, -0.2) is 11.2 Å². The molecule has 0 fully saturated rings. The van der Waals surface area contributed by atoms with Crippen LogP contribution in [0.25, 0.3) is 0 Å². The summed E-state index contributed by atoms with van der Waals surface area (Å²) in [6.07, 6.45) is 9.62. The predicted molar refractivity (Wildman–Crippen MR) is 63.5 cm³/mol. The Kier molecular flexibility index (Phi) is 9.49. The zero-order chi connectivity index (χ0) is 10.8. The SMILES string of the molecule is CCCCCCCC(O)CCC(C)C. The van der Waals surface area contributed by atoms with Crippen LogP contribution in [0.2, 0.25) is 0 Å². The first-order chi connectivity index (χ1) is 6.66. The van der Waals surface area contributed by atoms with Gasteiger partial charge in [0.15, 0.2) is 0 Å². The molecular formula is C13H28O. The first kappa shape index (κ1) is 14.0. The molecule has 0 heterocycles. The van der Waals surface area contributed by atoms with Crippen molar-refractivity contribution in [2.24, 2.45) is 5.92 Å². The Hall–Kier alpha value is -0.0400. The molecule has 0 spiro atoms. The molecule has 1 heteroatoms.